The molecule has 0 saturated heterocycles. The average Bonchev–Trinajstić information content (AvgIpc) is 2.30. The van der Waals surface area contributed by atoms with Gasteiger partial charge in [-0.2, -0.15) is 0 Å². The number of benzene rings is 1. The fourth-order valence-corrected chi connectivity index (χ4v) is 2.88. The maximum Gasteiger partial charge on any atom is 0.236 e. The van der Waals surface area contributed by atoms with Crippen LogP contribution in [0, 0.1) is 0 Å². The van der Waals surface area contributed by atoms with E-state index in [1.807, 2.05) is 6.92 Å². The van der Waals surface area contributed by atoms with Crippen molar-refractivity contribution in [2.45, 2.75) is 19.1 Å². The summed E-state index contributed by atoms with van der Waals surface area (Å²) < 4.78 is 27.4. The van der Waals surface area contributed by atoms with Crippen molar-refractivity contribution in [2.75, 3.05) is 17.8 Å². The molecule has 1 aromatic rings. The van der Waals surface area contributed by atoms with E-state index in [4.69, 9.17) is 11.6 Å². The molecule has 7 heteroatoms. The topological polar surface area (TPSA) is 58.2 Å². The van der Waals surface area contributed by atoms with Crippen molar-refractivity contribution in [1.82, 2.24) is 5.32 Å². The lowest BCUT2D eigenvalue weighted by molar-refractivity contribution is 0.579. The third-order valence-electron chi connectivity index (χ3n) is 2.39. The van der Waals surface area contributed by atoms with Crippen LogP contribution < -0.4 is 10.0 Å². The van der Waals surface area contributed by atoms with E-state index in [-0.39, 0.29) is 0 Å². The third-order valence-corrected chi connectivity index (χ3v) is 4.95. The highest BCUT2D eigenvalue weighted by molar-refractivity contribution is 9.10. The van der Waals surface area contributed by atoms with Crippen molar-refractivity contribution in [1.29, 1.82) is 0 Å². The molecule has 0 spiro atoms. The number of hydrogen-bond acceptors (Lipinski definition) is 3. The molecule has 0 bridgehead atoms. The Morgan fingerprint density at radius 3 is 2.72 bits per heavy atom. The summed E-state index contributed by atoms with van der Waals surface area (Å²) >= 11 is 9.22. The summed E-state index contributed by atoms with van der Waals surface area (Å²) in [6.07, 6.45) is 0. The molecule has 0 fully saturated rings. The lowest BCUT2D eigenvalue weighted by Crippen LogP contribution is -2.34. The van der Waals surface area contributed by atoms with Gasteiger partial charge in [0.25, 0.3) is 0 Å². The lowest BCUT2D eigenvalue weighted by Gasteiger charge is -2.16. The molecule has 0 aliphatic rings. The predicted molar refractivity (Wildman–Crippen MR) is 79.7 cm³/mol. The maximum absolute atomic E-state index is 12.0. The quantitative estimate of drug-likeness (QED) is 0.825. The highest BCUT2D eigenvalue weighted by Gasteiger charge is 2.21. The second kappa shape index (κ2) is 6.75. The third kappa shape index (κ3) is 4.42. The Bertz CT molecular complexity index is 508. The zero-order valence-electron chi connectivity index (χ0n) is 10.2. The zero-order chi connectivity index (χ0) is 13.8. The van der Waals surface area contributed by atoms with Crippen LogP contribution in [-0.4, -0.2) is 26.8 Å². The number of rotatable bonds is 6. The Hall–Kier alpha value is -0.300. The molecule has 0 aromatic heterocycles. The van der Waals surface area contributed by atoms with E-state index in [1.165, 1.54) is 0 Å². The van der Waals surface area contributed by atoms with E-state index in [1.54, 1.807) is 25.1 Å². The largest absolute Gasteiger partial charge is 0.316 e. The average molecular weight is 356 g/mol. The standard InChI is InChI=1S/C11H16BrClN2O2S/c1-3-14-7-8(2)18(16,17)15-11-6-9(12)4-5-10(11)13/h4-6,8,14-15H,3,7H2,1-2H3. The molecule has 1 aromatic carbocycles. The molecule has 0 aliphatic carbocycles. The van der Waals surface area contributed by atoms with Crippen LogP contribution in [0.5, 0.6) is 0 Å². The van der Waals surface area contributed by atoms with Crippen molar-refractivity contribution in [3.8, 4) is 0 Å². The fraction of sp³-hybridized carbons (Fsp3) is 0.455. The molecule has 102 valence electrons. The Morgan fingerprint density at radius 1 is 1.44 bits per heavy atom. The summed E-state index contributed by atoms with van der Waals surface area (Å²) in [5.41, 5.74) is 0.384. The zero-order valence-corrected chi connectivity index (χ0v) is 13.4. The van der Waals surface area contributed by atoms with Crippen LogP contribution in [0.2, 0.25) is 5.02 Å². The first-order chi connectivity index (χ1) is 8.36. The minimum absolute atomic E-state index is 0.373. The molecule has 0 saturated carbocycles. The summed E-state index contributed by atoms with van der Waals surface area (Å²) in [5, 5.41) is 2.84. The van der Waals surface area contributed by atoms with Gasteiger partial charge >= 0.3 is 0 Å². The van der Waals surface area contributed by atoms with Gasteiger partial charge in [-0.05, 0) is 31.7 Å². The van der Waals surface area contributed by atoms with E-state index in [2.05, 4.69) is 26.0 Å². The van der Waals surface area contributed by atoms with Crippen LogP contribution in [0.4, 0.5) is 5.69 Å². The van der Waals surface area contributed by atoms with E-state index in [9.17, 15) is 8.42 Å². The number of anilines is 1. The summed E-state index contributed by atoms with van der Waals surface area (Å²) in [6, 6.07) is 5.03. The van der Waals surface area contributed by atoms with Gasteiger partial charge in [0.2, 0.25) is 10.0 Å². The molecule has 1 rings (SSSR count). The van der Waals surface area contributed by atoms with Gasteiger partial charge in [-0.15, -0.1) is 0 Å². The molecule has 0 aliphatic heterocycles. The summed E-state index contributed by atoms with van der Waals surface area (Å²) in [6.45, 7) is 4.71. The summed E-state index contributed by atoms with van der Waals surface area (Å²) in [5.74, 6) is 0. The number of sulfonamides is 1. The molecule has 0 amide bonds. The van der Waals surface area contributed by atoms with Crippen LogP contribution in [0.3, 0.4) is 0 Å². The van der Waals surface area contributed by atoms with Crippen LogP contribution >= 0.6 is 27.5 Å². The maximum atomic E-state index is 12.0. The Labute approximate surface area is 121 Å². The van der Waals surface area contributed by atoms with E-state index in [0.717, 1.165) is 11.0 Å². The molecule has 1 atom stereocenters. The Kier molecular flexibility index (Phi) is 5.91. The second-order valence-corrected chi connectivity index (χ2v) is 7.31. The van der Waals surface area contributed by atoms with Crippen molar-refractivity contribution >= 4 is 43.2 Å². The van der Waals surface area contributed by atoms with Gasteiger partial charge in [-0.3, -0.25) is 4.72 Å². The van der Waals surface area contributed by atoms with Gasteiger partial charge in [0.05, 0.1) is 16.0 Å². The summed E-state index contributed by atoms with van der Waals surface area (Å²) in [7, 11) is -3.44. The highest BCUT2D eigenvalue weighted by atomic mass is 79.9. The van der Waals surface area contributed by atoms with Crippen LogP contribution in [0.1, 0.15) is 13.8 Å². The van der Waals surface area contributed by atoms with Crippen LogP contribution in [0.25, 0.3) is 0 Å². The lowest BCUT2D eigenvalue weighted by atomic mass is 10.3. The molecule has 18 heavy (non-hydrogen) atoms. The van der Waals surface area contributed by atoms with Crippen molar-refractivity contribution < 1.29 is 8.42 Å². The van der Waals surface area contributed by atoms with Gasteiger partial charge in [0.1, 0.15) is 0 Å². The first-order valence-electron chi connectivity index (χ1n) is 5.54. The Morgan fingerprint density at radius 2 is 2.11 bits per heavy atom. The van der Waals surface area contributed by atoms with Crippen molar-refractivity contribution in [3.05, 3.63) is 27.7 Å². The van der Waals surface area contributed by atoms with Gasteiger partial charge < -0.3 is 5.32 Å². The first kappa shape index (κ1) is 15.8. The van der Waals surface area contributed by atoms with Gasteiger partial charge in [-0.1, -0.05) is 34.5 Å². The molecule has 4 nitrogen and oxygen atoms in total. The molecule has 2 N–H and O–H groups in total. The van der Waals surface area contributed by atoms with Crippen molar-refractivity contribution in [3.63, 3.8) is 0 Å². The Balaban J connectivity index is 2.85. The van der Waals surface area contributed by atoms with Crippen LogP contribution in [-0.2, 0) is 10.0 Å². The highest BCUT2D eigenvalue weighted by Crippen LogP contribution is 2.27. The fourth-order valence-electron chi connectivity index (χ4n) is 1.29. The number of halogens is 2. The molecule has 0 radical (unpaired) electrons. The van der Waals surface area contributed by atoms with Gasteiger partial charge in [0.15, 0.2) is 0 Å². The smallest absolute Gasteiger partial charge is 0.236 e. The number of nitrogens with one attached hydrogen (secondary N) is 2. The normalized spacial score (nSPS) is 13.3. The van der Waals surface area contributed by atoms with Crippen molar-refractivity contribution in [2.24, 2.45) is 0 Å². The predicted octanol–water partition coefficient (Wildman–Crippen LogP) is 2.84. The second-order valence-electron chi connectivity index (χ2n) is 3.89. The number of hydrogen-bond donors (Lipinski definition) is 2. The SMILES string of the molecule is CCNCC(C)S(=O)(=O)Nc1cc(Br)ccc1Cl. The van der Waals surface area contributed by atoms with Gasteiger partial charge in [0, 0.05) is 11.0 Å². The van der Waals surface area contributed by atoms with E-state index in [0.29, 0.717) is 17.3 Å². The monoisotopic (exact) mass is 354 g/mol. The van der Waals surface area contributed by atoms with Crippen LogP contribution in [0.15, 0.2) is 22.7 Å². The molecule has 0 heterocycles. The van der Waals surface area contributed by atoms with E-state index >= 15 is 0 Å². The first-order valence-corrected chi connectivity index (χ1v) is 8.26. The molecular weight excluding hydrogens is 340 g/mol. The van der Waals surface area contributed by atoms with Gasteiger partial charge in [-0.25, -0.2) is 8.42 Å². The minimum Gasteiger partial charge on any atom is -0.316 e. The molecular formula is C11H16BrClN2O2S. The minimum atomic E-state index is -3.44. The molecule has 1 unspecified atom stereocenters. The summed E-state index contributed by atoms with van der Waals surface area (Å²) in [4.78, 5) is 0. The van der Waals surface area contributed by atoms with E-state index < -0.39 is 15.3 Å².